The second-order valence-electron chi connectivity index (χ2n) is 6.58. The van der Waals surface area contributed by atoms with E-state index >= 15 is 0 Å². The van der Waals surface area contributed by atoms with Gasteiger partial charge >= 0.3 is 18.1 Å². The molecule has 0 aliphatic carbocycles. The molecule has 29 heavy (non-hydrogen) atoms. The number of benzene rings is 1. The van der Waals surface area contributed by atoms with Crippen LogP contribution >= 0.6 is 11.8 Å². The van der Waals surface area contributed by atoms with Crippen LogP contribution in [-0.4, -0.2) is 51.4 Å². The molecule has 2 aliphatic heterocycles. The Morgan fingerprint density at radius 2 is 1.93 bits per heavy atom. The van der Waals surface area contributed by atoms with Gasteiger partial charge in [0.2, 0.25) is 0 Å². The number of rotatable bonds is 6. The first-order valence-electron chi connectivity index (χ1n) is 9.01. The number of fused-ring (bicyclic) bond motifs is 1. The maximum absolute atomic E-state index is 12.8. The smallest absolute Gasteiger partial charge is 0.323 e. The van der Waals surface area contributed by atoms with E-state index in [9.17, 15) is 27.6 Å². The molecule has 1 aromatic carbocycles. The Hall–Kier alpha value is -2.62. The molecule has 0 aromatic heterocycles. The summed E-state index contributed by atoms with van der Waals surface area (Å²) < 4.78 is 39.2. The number of hydrogen-bond acceptors (Lipinski definition) is 4. The maximum Gasteiger partial charge on any atom is 0.501 e. The minimum atomic E-state index is -4.46. The Balaban J connectivity index is 1.75. The predicted octanol–water partition coefficient (Wildman–Crippen LogP) is 3.49. The third kappa shape index (κ3) is 4.52. The number of thioether (sulfide) groups is 1. The van der Waals surface area contributed by atoms with E-state index in [1.165, 1.54) is 16.3 Å². The summed E-state index contributed by atoms with van der Waals surface area (Å²) >= 11 is 1.27. The molecule has 1 N–H and O–H groups in total. The Morgan fingerprint density at radius 3 is 2.55 bits per heavy atom. The fourth-order valence-corrected chi connectivity index (χ4v) is 3.98. The Labute approximate surface area is 169 Å². The second kappa shape index (κ2) is 8.40. The maximum atomic E-state index is 12.8. The van der Waals surface area contributed by atoms with Crippen molar-refractivity contribution in [3.8, 4) is 0 Å². The van der Waals surface area contributed by atoms with Crippen LogP contribution in [-0.2, 0) is 15.8 Å². The summed E-state index contributed by atoms with van der Waals surface area (Å²) in [5, 5.41) is 3.63. The Kier molecular flexibility index (Phi) is 6.11. The number of halogens is 3. The average molecular weight is 426 g/mol. The lowest BCUT2D eigenvalue weighted by molar-refractivity contribution is -0.425. The number of urea groups is 1. The van der Waals surface area contributed by atoms with Crippen molar-refractivity contribution in [2.75, 3.05) is 18.4 Å². The van der Waals surface area contributed by atoms with Gasteiger partial charge in [0.25, 0.3) is 5.91 Å². The molecule has 10 heteroatoms. The summed E-state index contributed by atoms with van der Waals surface area (Å²) in [5.74, 6) is -0.868. The molecule has 0 bridgehead atoms. The number of unbranched alkanes of at least 4 members (excludes halogenated alkanes) is 1. The SMILES string of the molecule is CCCCN1C(=O)C2SC=CC2=[N+](CC(=O)Nc2ccc(C(F)(F)F)cc2)C1=O. The molecule has 0 radical (unpaired) electrons. The van der Waals surface area contributed by atoms with E-state index in [2.05, 4.69) is 5.32 Å². The van der Waals surface area contributed by atoms with Crippen molar-refractivity contribution in [1.29, 1.82) is 0 Å². The molecule has 2 heterocycles. The van der Waals surface area contributed by atoms with E-state index in [1.807, 2.05) is 6.92 Å². The van der Waals surface area contributed by atoms with Crippen LogP contribution in [0.5, 0.6) is 0 Å². The molecule has 1 atom stereocenters. The minimum Gasteiger partial charge on any atom is -0.323 e. The normalized spacial score (nSPS) is 19.0. The number of carbonyl (C=O) groups excluding carboxylic acids is 3. The summed E-state index contributed by atoms with van der Waals surface area (Å²) in [7, 11) is 0. The van der Waals surface area contributed by atoms with Gasteiger partial charge in [-0.15, -0.1) is 11.8 Å². The van der Waals surface area contributed by atoms with Gasteiger partial charge < -0.3 is 5.32 Å². The molecule has 3 rings (SSSR count). The van der Waals surface area contributed by atoms with Gasteiger partial charge in [-0.2, -0.15) is 27.4 Å². The zero-order valence-electron chi connectivity index (χ0n) is 15.5. The molecular formula is C19H19F3N3O3S+. The number of amides is 4. The van der Waals surface area contributed by atoms with Crippen LogP contribution in [0.4, 0.5) is 23.7 Å². The van der Waals surface area contributed by atoms with E-state index in [0.29, 0.717) is 12.1 Å². The Bertz CT molecular complexity index is 894. The van der Waals surface area contributed by atoms with Gasteiger partial charge in [0.15, 0.2) is 11.8 Å². The van der Waals surface area contributed by atoms with Crippen LogP contribution in [0.25, 0.3) is 0 Å². The number of carbonyl (C=O) groups is 3. The largest absolute Gasteiger partial charge is 0.501 e. The molecule has 0 fully saturated rings. The number of anilines is 1. The van der Waals surface area contributed by atoms with Crippen LogP contribution in [0.1, 0.15) is 25.3 Å². The highest BCUT2D eigenvalue weighted by molar-refractivity contribution is 8.04. The van der Waals surface area contributed by atoms with Crippen molar-refractivity contribution in [3.05, 3.63) is 41.3 Å². The van der Waals surface area contributed by atoms with Gasteiger partial charge in [-0.3, -0.25) is 4.79 Å². The molecule has 0 spiro atoms. The highest BCUT2D eigenvalue weighted by Gasteiger charge is 2.49. The first kappa shape index (κ1) is 21.1. The molecule has 1 aromatic rings. The van der Waals surface area contributed by atoms with Gasteiger partial charge in [-0.1, -0.05) is 13.3 Å². The quantitative estimate of drug-likeness (QED) is 0.707. The zero-order valence-corrected chi connectivity index (χ0v) is 16.3. The van der Waals surface area contributed by atoms with Gasteiger partial charge in [0, 0.05) is 5.69 Å². The first-order valence-corrected chi connectivity index (χ1v) is 9.95. The molecule has 154 valence electrons. The van der Waals surface area contributed by atoms with Crippen molar-refractivity contribution in [1.82, 2.24) is 4.90 Å². The van der Waals surface area contributed by atoms with Gasteiger partial charge in [-0.25, -0.2) is 4.79 Å². The summed E-state index contributed by atoms with van der Waals surface area (Å²) in [5.41, 5.74) is -0.192. The van der Waals surface area contributed by atoms with E-state index in [1.54, 1.807) is 11.5 Å². The Morgan fingerprint density at radius 1 is 1.24 bits per heavy atom. The molecule has 0 saturated heterocycles. The van der Waals surface area contributed by atoms with Crippen molar-refractivity contribution in [2.45, 2.75) is 31.2 Å². The number of nitrogens with zero attached hydrogens (tertiary/aromatic N) is 2. The van der Waals surface area contributed by atoms with Gasteiger partial charge in [0.1, 0.15) is 5.71 Å². The highest BCUT2D eigenvalue weighted by Crippen LogP contribution is 2.30. The molecule has 0 saturated carbocycles. The van der Waals surface area contributed by atoms with Crippen LogP contribution < -0.4 is 5.32 Å². The lowest BCUT2D eigenvalue weighted by Crippen LogP contribution is -2.56. The average Bonchev–Trinajstić information content (AvgIpc) is 3.15. The lowest BCUT2D eigenvalue weighted by Gasteiger charge is -2.24. The monoisotopic (exact) mass is 426 g/mol. The third-order valence-corrected chi connectivity index (χ3v) is 5.53. The van der Waals surface area contributed by atoms with Crippen LogP contribution in [0.2, 0.25) is 0 Å². The number of hydrogen-bond donors (Lipinski definition) is 1. The summed E-state index contributed by atoms with van der Waals surface area (Å²) in [6, 6.07) is 3.47. The highest BCUT2D eigenvalue weighted by atomic mass is 32.2. The number of alkyl halides is 3. The van der Waals surface area contributed by atoms with Crippen LogP contribution in [0.15, 0.2) is 35.7 Å². The second-order valence-corrected chi connectivity index (χ2v) is 7.59. The van der Waals surface area contributed by atoms with Crippen molar-refractivity contribution < 1.29 is 32.1 Å². The molecule has 4 amide bonds. The van der Waals surface area contributed by atoms with Crippen molar-refractivity contribution >= 4 is 41.0 Å². The topological polar surface area (TPSA) is 69.5 Å². The van der Waals surface area contributed by atoms with E-state index in [0.717, 1.165) is 35.6 Å². The van der Waals surface area contributed by atoms with Gasteiger partial charge in [-0.05, 0) is 42.2 Å². The zero-order chi connectivity index (χ0) is 21.2. The van der Waals surface area contributed by atoms with Crippen molar-refractivity contribution in [3.63, 3.8) is 0 Å². The van der Waals surface area contributed by atoms with Gasteiger partial charge in [0.05, 0.1) is 12.1 Å². The number of nitrogens with one attached hydrogen (secondary N) is 1. The minimum absolute atomic E-state index is 0.185. The molecular weight excluding hydrogens is 407 g/mol. The third-order valence-electron chi connectivity index (χ3n) is 4.52. The van der Waals surface area contributed by atoms with E-state index in [-0.39, 0.29) is 24.7 Å². The summed E-state index contributed by atoms with van der Waals surface area (Å²) in [6.07, 6.45) is -1.37. The molecule has 2 aliphatic rings. The van der Waals surface area contributed by atoms with Crippen LogP contribution in [0, 0.1) is 0 Å². The number of allylic oxidation sites excluding steroid dienone is 1. The fourth-order valence-electron chi connectivity index (χ4n) is 3.02. The first-order chi connectivity index (χ1) is 13.7. The summed E-state index contributed by atoms with van der Waals surface area (Å²) in [4.78, 5) is 38.9. The fraction of sp³-hybridized carbons (Fsp3) is 0.368. The van der Waals surface area contributed by atoms with Crippen molar-refractivity contribution in [2.24, 2.45) is 0 Å². The molecule has 1 unspecified atom stereocenters. The standard InChI is InChI=1S/C19H18F3N3O3S/c1-2-3-9-24-17(27)16-14(8-10-29-16)25(18(24)28)11-15(26)23-13-6-4-12(5-7-13)19(20,21)22/h4-8,10,16H,2-3,9,11H2,1H3/p+1. The van der Waals surface area contributed by atoms with E-state index in [4.69, 9.17) is 0 Å². The lowest BCUT2D eigenvalue weighted by atomic mass is 10.1. The van der Waals surface area contributed by atoms with Crippen LogP contribution in [0.3, 0.4) is 0 Å². The predicted molar refractivity (Wildman–Crippen MR) is 103 cm³/mol. The number of imide groups is 1. The van der Waals surface area contributed by atoms with E-state index < -0.39 is 28.9 Å². The molecule has 6 nitrogen and oxygen atoms in total. The summed E-state index contributed by atoms with van der Waals surface area (Å²) in [6.45, 7) is 1.87.